The molecule has 0 spiro atoms. The number of ketones is 1. The number of hydrogen-bond acceptors (Lipinski definition) is 4. The highest BCUT2D eigenvalue weighted by Crippen LogP contribution is 2.31. The minimum Gasteiger partial charge on any atom is -0.494 e. The molecule has 0 bridgehead atoms. The fourth-order valence-corrected chi connectivity index (χ4v) is 3.37. The Bertz CT molecular complexity index is 1230. The van der Waals surface area contributed by atoms with Gasteiger partial charge in [-0.1, -0.05) is 6.07 Å². The number of nitrogens with zero attached hydrogens (tertiary/aromatic N) is 2. The summed E-state index contributed by atoms with van der Waals surface area (Å²) in [6, 6.07) is 10.7. The van der Waals surface area contributed by atoms with E-state index < -0.39 is 0 Å². The van der Waals surface area contributed by atoms with Crippen LogP contribution in [0.5, 0.6) is 5.75 Å². The summed E-state index contributed by atoms with van der Waals surface area (Å²) in [5.74, 6) is 1.04. The van der Waals surface area contributed by atoms with Gasteiger partial charge in [-0.15, -0.1) is 0 Å². The molecule has 0 saturated heterocycles. The van der Waals surface area contributed by atoms with Gasteiger partial charge in [-0.25, -0.2) is 4.98 Å². The number of carbonyl (C=O) groups excluding carboxylic acids is 1. The van der Waals surface area contributed by atoms with Gasteiger partial charge in [-0.05, 0) is 44.2 Å². The van der Waals surface area contributed by atoms with Crippen molar-refractivity contribution in [3.05, 3.63) is 75.6 Å². The Balaban J connectivity index is 1.94. The van der Waals surface area contributed by atoms with E-state index in [1.807, 2.05) is 35.7 Å². The van der Waals surface area contributed by atoms with Gasteiger partial charge in [0.1, 0.15) is 17.3 Å². The predicted molar refractivity (Wildman–Crippen MR) is 99.2 cm³/mol. The number of aryl methyl sites for hydroxylation is 1. The van der Waals surface area contributed by atoms with Crippen LogP contribution in [0.4, 0.5) is 0 Å². The normalized spacial score (nSPS) is 11.2. The minimum atomic E-state index is -0.253. The fourth-order valence-electron chi connectivity index (χ4n) is 3.37. The molecule has 0 aliphatic rings. The largest absolute Gasteiger partial charge is 0.494 e. The average Bonchev–Trinajstić information content (AvgIpc) is 2.92. The number of hydrogen-bond donors (Lipinski definition) is 1. The summed E-state index contributed by atoms with van der Waals surface area (Å²) in [7, 11) is 1.59. The van der Waals surface area contributed by atoms with Crippen LogP contribution in [0.25, 0.3) is 16.4 Å². The Labute approximate surface area is 149 Å². The van der Waals surface area contributed by atoms with Crippen LogP contribution in [0, 0.1) is 13.8 Å². The summed E-state index contributed by atoms with van der Waals surface area (Å²) in [6.07, 6.45) is 1.83. The molecule has 0 fully saturated rings. The highest BCUT2D eigenvalue weighted by molar-refractivity contribution is 6.11. The van der Waals surface area contributed by atoms with Crippen LogP contribution in [-0.2, 0) is 0 Å². The smallest absolute Gasteiger partial charge is 0.258 e. The Hall–Kier alpha value is -3.41. The Morgan fingerprint density at radius 3 is 2.77 bits per heavy atom. The van der Waals surface area contributed by atoms with Crippen molar-refractivity contribution in [1.82, 2.24) is 14.4 Å². The molecular weight excluding hydrogens is 330 g/mol. The maximum Gasteiger partial charge on any atom is 0.258 e. The highest BCUT2D eigenvalue weighted by Gasteiger charge is 2.22. The molecule has 0 radical (unpaired) electrons. The molecule has 0 amide bonds. The molecule has 4 rings (SSSR count). The van der Waals surface area contributed by atoms with Crippen LogP contribution < -0.4 is 10.3 Å². The van der Waals surface area contributed by atoms with E-state index in [4.69, 9.17) is 4.74 Å². The van der Waals surface area contributed by atoms with Crippen LogP contribution in [0.1, 0.15) is 27.4 Å². The maximum absolute atomic E-state index is 13.2. The zero-order valence-electron chi connectivity index (χ0n) is 14.7. The molecule has 3 heterocycles. The number of aromatic amines is 1. The first-order valence-electron chi connectivity index (χ1n) is 8.20. The lowest BCUT2D eigenvalue weighted by Crippen LogP contribution is -2.12. The second kappa shape index (κ2) is 5.84. The number of aromatic nitrogens is 3. The standard InChI is InChI=1S/C20H17N3O3/c1-11-17(23-9-5-4-6-16(23)19(11)26-3)18(24)13-7-8-15-14(10-13)20(25)22-12(2)21-15/h4-10H,1-3H3,(H,21,22,25). The van der Waals surface area contributed by atoms with Crippen LogP contribution in [0.2, 0.25) is 0 Å². The number of H-pyrrole nitrogens is 1. The summed E-state index contributed by atoms with van der Waals surface area (Å²) < 4.78 is 7.31. The first kappa shape index (κ1) is 16.1. The molecule has 1 aromatic carbocycles. The van der Waals surface area contributed by atoms with Gasteiger partial charge in [0.2, 0.25) is 5.78 Å². The summed E-state index contributed by atoms with van der Waals surface area (Å²) in [4.78, 5) is 32.4. The summed E-state index contributed by atoms with van der Waals surface area (Å²) >= 11 is 0. The number of pyridine rings is 1. The van der Waals surface area contributed by atoms with Gasteiger partial charge in [-0.2, -0.15) is 0 Å². The third-order valence-electron chi connectivity index (χ3n) is 4.53. The number of methoxy groups -OCH3 is 1. The summed E-state index contributed by atoms with van der Waals surface area (Å²) in [5, 5.41) is 0.395. The van der Waals surface area contributed by atoms with Crippen LogP contribution in [0.3, 0.4) is 0 Å². The quantitative estimate of drug-likeness (QED) is 0.578. The van der Waals surface area contributed by atoms with E-state index >= 15 is 0 Å². The van der Waals surface area contributed by atoms with Crippen molar-refractivity contribution in [3.8, 4) is 5.75 Å². The molecule has 0 saturated carbocycles. The molecule has 6 heteroatoms. The van der Waals surface area contributed by atoms with Crippen molar-refractivity contribution >= 4 is 22.2 Å². The second-order valence-electron chi connectivity index (χ2n) is 6.18. The monoisotopic (exact) mass is 347 g/mol. The van der Waals surface area contributed by atoms with Crippen LogP contribution in [-0.4, -0.2) is 27.3 Å². The number of nitrogens with one attached hydrogen (secondary N) is 1. The topological polar surface area (TPSA) is 76.5 Å². The average molecular weight is 347 g/mol. The van der Waals surface area contributed by atoms with Crippen molar-refractivity contribution < 1.29 is 9.53 Å². The van der Waals surface area contributed by atoms with E-state index in [0.717, 1.165) is 11.1 Å². The third-order valence-corrected chi connectivity index (χ3v) is 4.53. The van der Waals surface area contributed by atoms with E-state index in [1.165, 1.54) is 0 Å². The van der Waals surface area contributed by atoms with E-state index in [-0.39, 0.29) is 11.3 Å². The Morgan fingerprint density at radius 1 is 1.19 bits per heavy atom. The molecule has 6 nitrogen and oxygen atoms in total. The second-order valence-corrected chi connectivity index (χ2v) is 6.18. The summed E-state index contributed by atoms with van der Waals surface area (Å²) in [5.41, 5.74) is 2.86. The lowest BCUT2D eigenvalue weighted by Gasteiger charge is -2.05. The van der Waals surface area contributed by atoms with Crippen molar-refractivity contribution in [2.75, 3.05) is 7.11 Å². The van der Waals surface area contributed by atoms with Crippen LogP contribution >= 0.6 is 0 Å². The lowest BCUT2D eigenvalue weighted by atomic mass is 10.0. The van der Waals surface area contributed by atoms with Gasteiger partial charge in [0.15, 0.2) is 0 Å². The molecule has 0 unspecified atom stereocenters. The van der Waals surface area contributed by atoms with Gasteiger partial charge in [0.25, 0.3) is 5.56 Å². The molecule has 4 aromatic rings. The van der Waals surface area contributed by atoms with E-state index in [2.05, 4.69) is 9.97 Å². The lowest BCUT2D eigenvalue weighted by molar-refractivity contribution is 0.103. The summed E-state index contributed by atoms with van der Waals surface area (Å²) in [6.45, 7) is 3.58. The van der Waals surface area contributed by atoms with Gasteiger partial charge in [0, 0.05) is 17.3 Å². The van der Waals surface area contributed by atoms with E-state index in [0.29, 0.717) is 33.7 Å². The predicted octanol–water partition coefficient (Wildman–Crippen LogP) is 3.03. The molecular formula is C20H17N3O3. The van der Waals surface area contributed by atoms with E-state index in [9.17, 15) is 9.59 Å². The van der Waals surface area contributed by atoms with Gasteiger partial charge in [-0.3, -0.25) is 9.59 Å². The van der Waals surface area contributed by atoms with Crippen molar-refractivity contribution in [1.29, 1.82) is 0 Å². The van der Waals surface area contributed by atoms with Crippen LogP contribution in [0.15, 0.2) is 47.4 Å². The number of ether oxygens (including phenoxy) is 1. The highest BCUT2D eigenvalue weighted by atomic mass is 16.5. The van der Waals surface area contributed by atoms with Crippen molar-refractivity contribution in [2.45, 2.75) is 13.8 Å². The Morgan fingerprint density at radius 2 is 2.00 bits per heavy atom. The Kier molecular flexibility index (Phi) is 3.61. The van der Waals surface area contributed by atoms with Crippen molar-refractivity contribution in [2.24, 2.45) is 0 Å². The third kappa shape index (κ3) is 2.30. The molecule has 0 aliphatic carbocycles. The number of carbonyl (C=O) groups is 1. The molecule has 1 N–H and O–H groups in total. The maximum atomic E-state index is 13.2. The number of fused-ring (bicyclic) bond motifs is 2. The SMILES string of the molecule is COc1c(C)c(C(=O)c2ccc3nc(C)[nH]c(=O)c3c2)n2ccccc12. The zero-order valence-corrected chi connectivity index (χ0v) is 14.7. The number of rotatable bonds is 3. The van der Waals surface area contributed by atoms with Gasteiger partial charge >= 0.3 is 0 Å². The zero-order chi connectivity index (χ0) is 18.4. The van der Waals surface area contributed by atoms with Gasteiger partial charge in [0.05, 0.1) is 23.5 Å². The molecule has 0 atom stereocenters. The number of benzene rings is 1. The fraction of sp³-hybridized carbons (Fsp3) is 0.150. The molecule has 130 valence electrons. The van der Waals surface area contributed by atoms with E-state index in [1.54, 1.807) is 32.2 Å². The molecule has 3 aromatic heterocycles. The first-order chi connectivity index (χ1) is 12.5. The first-order valence-corrected chi connectivity index (χ1v) is 8.20. The molecule has 26 heavy (non-hydrogen) atoms. The van der Waals surface area contributed by atoms with Gasteiger partial charge < -0.3 is 14.1 Å². The molecule has 0 aliphatic heterocycles. The van der Waals surface area contributed by atoms with Crippen molar-refractivity contribution in [3.63, 3.8) is 0 Å². The minimum absolute atomic E-state index is 0.172.